The molecule has 0 rings (SSSR count). The monoisotopic (exact) mass is 180 g/mol. The molecule has 70 valence electrons. The van der Waals surface area contributed by atoms with Crippen LogP contribution in [0.3, 0.4) is 0 Å². The highest BCUT2D eigenvalue weighted by Gasteiger charge is 2.11. The van der Waals surface area contributed by atoms with Gasteiger partial charge in [-0.3, -0.25) is 9.69 Å². The molecule has 0 saturated carbocycles. The fraction of sp³-hybridized carbons (Fsp3) is 0.625. The fourth-order valence-corrected chi connectivity index (χ4v) is 0.656. The van der Waals surface area contributed by atoms with E-state index in [9.17, 15) is 4.79 Å². The number of nitriles is 2. The predicted octanol–water partition coefficient (Wildman–Crippen LogP) is -0.530. The molecule has 0 aromatic carbocycles. The number of nitrogens with one attached hydrogen (secondary N) is 1. The lowest BCUT2D eigenvalue weighted by Gasteiger charge is -2.17. The lowest BCUT2D eigenvalue weighted by molar-refractivity contribution is -0.121. The van der Waals surface area contributed by atoms with Gasteiger partial charge in [0.15, 0.2) is 0 Å². The van der Waals surface area contributed by atoms with Crippen LogP contribution in [-0.2, 0) is 4.79 Å². The third-order valence-corrected chi connectivity index (χ3v) is 1.61. The van der Waals surface area contributed by atoms with E-state index in [-0.39, 0.29) is 25.0 Å². The van der Waals surface area contributed by atoms with E-state index in [4.69, 9.17) is 10.5 Å². The van der Waals surface area contributed by atoms with Crippen LogP contribution in [0.4, 0.5) is 0 Å². The van der Waals surface area contributed by atoms with Gasteiger partial charge in [-0.05, 0) is 14.0 Å². The first-order valence-electron chi connectivity index (χ1n) is 3.85. The van der Waals surface area contributed by atoms with E-state index in [0.717, 1.165) is 0 Å². The number of carbonyl (C=O) groups is 1. The Bertz CT molecular complexity index is 250. The first-order chi connectivity index (χ1) is 6.11. The molecule has 0 aliphatic rings. The molecule has 1 atom stereocenters. The maximum Gasteiger partial charge on any atom is 0.235 e. The summed E-state index contributed by atoms with van der Waals surface area (Å²) in [6.45, 7) is 1.85. The summed E-state index contributed by atoms with van der Waals surface area (Å²) in [5.74, 6) is -0.244. The zero-order chi connectivity index (χ0) is 10.3. The summed E-state index contributed by atoms with van der Waals surface area (Å²) in [4.78, 5) is 12.6. The second-order valence-electron chi connectivity index (χ2n) is 2.66. The molecular weight excluding hydrogens is 168 g/mol. The van der Waals surface area contributed by atoms with Crippen LogP contribution in [0.2, 0.25) is 0 Å². The van der Waals surface area contributed by atoms with E-state index in [1.54, 1.807) is 24.9 Å². The van der Waals surface area contributed by atoms with Gasteiger partial charge in [-0.1, -0.05) is 0 Å². The molecule has 0 radical (unpaired) electrons. The normalized spacial score (nSPS) is 11.5. The van der Waals surface area contributed by atoms with Crippen LogP contribution in [0, 0.1) is 22.7 Å². The van der Waals surface area contributed by atoms with Crippen molar-refractivity contribution in [3.8, 4) is 12.1 Å². The molecule has 5 nitrogen and oxygen atoms in total. The second-order valence-corrected chi connectivity index (χ2v) is 2.66. The number of hydrogen-bond donors (Lipinski definition) is 1. The van der Waals surface area contributed by atoms with Crippen LogP contribution in [0.1, 0.15) is 6.92 Å². The highest BCUT2D eigenvalue weighted by molar-refractivity contribution is 5.78. The van der Waals surface area contributed by atoms with E-state index in [0.29, 0.717) is 0 Å². The summed E-state index contributed by atoms with van der Waals surface area (Å²) in [5.41, 5.74) is 0. The number of likely N-dealkylation sites (N-methyl/N-ethyl adjacent to an activating group) is 1. The molecule has 0 bridgehead atoms. The van der Waals surface area contributed by atoms with Gasteiger partial charge in [0.2, 0.25) is 5.91 Å². The van der Waals surface area contributed by atoms with Crippen molar-refractivity contribution in [2.75, 3.05) is 20.1 Å². The molecule has 0 aliphatic heterocycles. The van der Waals surface area contributed by atoms with E-state index >= 15 is 0 Å². The Hall–Kier alpha value is -1.59. The molecule has 0 aromatic heterocycles. The predicted molar refractivity (Wildman–Crippen MR) is 46.3 cm³/mol. The Morgan fingerprint density at radius 3 is 2.69 bits per heavy atom. The van der Waals surface area contributed by atoms with Crippen LogP contribution in [0.5, 0.6) is 0 Å². The molecule has 1 amide bonds. The van der Waals surface area contributed by atoms with Crippen molar-refractivity contribution in [2.24, 2.45) is 0 Å². The Labute approximate surface area is 77.6 Å². The smallest absolute Gasteiger partial charge is 0.235 e. The summed E-state index contributed by atoms with van der Waals surface area (Å²) in [6.07, 6.45) is 0. The quantitative estimate of drug-likeness (QED) is 0.590. The topological polar surface area (TPSA) is 79.9 Å². The number of amides is 1. The van der Waals surface area contributed by atoms with Crippen LogP contribution in [0.15, 0.2) is 0 Å². The second kappa shape index (κ2) is 5.99. The number of carbonyl (C=O) groups excluding carboxylic acids is 1. The average molecular weight is 180 g/mol. The maximum atomic E-state index is 11.0. The lowest BCUT2D eigenvalue weighted by atomic mass is 10.3. The molecule has 0 aliphatic carbocycles. The molecule has 1 unspecified atom stereocenters. The summed E-state index contributed by atoms with van der Waals surface area (Å²) in [5, 5.41) is 19.1. The Morgan fingerprint density at radius 2 is 2.23 bits per heavy atom. The van der Waals surface area contributed by atoms with Crippen molar-refractivity contribution < 1.29 is 4.79 Å². The minimum Gasteiger partial charge on any atom is -0.342 e. The van der Waals surface area contributed by atoms with E-state index < -0.39 is 0 Å². The SMILES string of the molecule is CC(C#N)N(C)CC(=O)NCC#N. The number of hydrogen-bond acceptors (Lipinski definition) is 4. The molecule has 0 fully saturated rings. The summed E-state index contributed by atoms with van der Waals surface area (Å²) < 4.78 is 0. The summed E-state index contributed by atoms with van der Waals surface area (Å²) in [7, 11) is 1.68. The van der Waals surface area contributed by atoms with Crippen LogP contribution in [-0.4, -0.2) is 37.0 Å². The standard InChI is InChI=1S/C8H12N4O/c1-7(5-10)12(2)6-8(13)11-4-3-9/h7H,4,6H2,1-2H3,(H,11,13). The zero-order valence-corrected chi connectivity index (χ0v) is 7.74. The first-order valence-corrected chi connectivity index (χ1v) is 3.85. The third kappa shape index (κ3) is 4.78. The van der Waals surface area contributed by atoms with Crippen molar-refractivity contribution in [1.82, 2.24) is 10.2 Å². The molecule has 0 spiro atoms. The van der Waals surface area contributed by atoms with Gasteiger partial charge in [0.25, 0.3) is 0 Å². The summed E-state index contributed by atoms with van der Waals surface area (Å²) in [6, 6.07) is 3.51. The summed E-state index contributed by atoms with van der Waals surface area (Å²) >= 11 is 0. The van der Waals surface area contributed by atoms with Crippen molar-refractivity contribution in [1.29, 1.82) is 10.5 Å². The van der Waals surface area contributed by atoms with Crippen LogP contribution >= 0.6 is 0 Å². The maximum absolute atomic E-state index is 11.0. The van der Waals surface area contributed by atoms with Gasteiger partial charge in [0.05, 0.1) is 24.7 Å². The minimum atomic E-state index is -0.298. The van der Waals surface area contributed by atoms with Gasteiger partial charge < -0.3 is 5.32 Å². The van der Waals surface area contributed by atoms with Gasteiger partial charge in [0, 0.05) is 0 Å². The van der Waals surface area contributed by atoms with Gasteiger partial charge in [0.1, 0.15) is 6.54 Å². The van der Waals surface area contributed by atoms with E-state index in [1.807, 2.05) is 6.07 Å². The van der Waals surface area contributed by atoms with E-state index in [2.05, 4.69) is 5.32 Å². The third-order valence-electron chi connectivity index (χ3n) is 1.61. The number of rotatable bonds is 4. The van der Waals surface area contributed by atoms with Crippen LogP contribution < -0.4 is 5.32 Å². The lowest BCUT2D eigenvalue weighted by Crippen LogP contribution is -2.38. The molecule has 13 heavy (non-hydrogen) atoms. The Morgan fingerprint density at radius 1 is 1.62 bits per heavy atom. The first kappa shape index (κ1) is 11.4. The van der Waals surface area contributed by atoms with E-state index in [1.165, 1.54) is 0 Å². The molecule has 0 heterocycles. The van der Waals surface area contributed by atoms with Crippen molar-refractivity contribution in [2.45, 2.75) is 13.0 Å². The van der Waals surface area contributed by atoms with Crippen molar-refractivity contribution in [3.05, 3.63) is 0 Å². The van der Waals surface area contributed by atoms with Crippen molar-refractivity contribution in [3.63, 3.8) is 0 Å². The highest BCUT2D eigenvalue weighted by Crippen LogP contribution is 1.91. The van der Waals surface area contributed by atoms with Gasteiger partial charge in [-0.2, -0.15) is 10.5 Å². The van der Waals surface area contributed by atoms with Crippen LogP contribution in [0.25, 0.3) is 0 Å². The molecular formula is C8H12N4O. The molecule has 5 heteroatoms. The zero-order valence-electron chi connectivity index (χ0n) is 7.74. The number of nitrogens with zero attached hydrogens (tertiary/aromatic N) is 3. The van der Waals surface area contributed by atoms with Gasteiger partial charge >= 0.3 is 0 Å². The Kier molecular flexibility index (Phi) is 5.25. The van der Waals surface area contributed by atoms with Gasteiger partial charge in [-0.25, -0.2) is 0 Å². The largest absolute Gasteiger partial charge is 0.342 e. The average Bonchev–Trinajstić information content (AvgIpc) is 2.13. The Balaban J connectivity index is 3.81. The highest BCUT2D eigenvalue weighted by atomic mass is 16.2. The van der Waals surface area contributed by atoms with Crippen molar-refractivity contribution >= 4 is 5.91 Å². The molecule has 0 aromatic rings. The molecule has 0 saturated heterocycles. The minimum absolute atomic E-state index is 0.00755. The molecule has 1 N–H and O–H groups in total. The van der Waals surface area contributed by atoms with Gasteiger partial charge in [-0.15, -0.1) is 0 Å². The fourth-order valence-electron chi connectivity index (χ4n) is 0.656.